The topological polar surface area (TPSA) is 50.7 Å². The van der Waals surface area contributed by atoms with Gasteiger partial charge >= 0.3 is 12.3 Å². The van der Waals surface area contributed by atoms with Gasteiger partial charge in [0.2, 0.25) is 0 Å². The molecule has 0 aliphatic rings. The maximum atomic E-state index is 12.6. The first-order valence-electron chi connectivity index (χ1n) is 5.21. The smallest absolute Gasteiger partial charge is 0.297 e. The summed E-state index contributed by atoms with van der Waals surface area (Å²) in [5.41, 5.74) is -1.39. The van der Waals surface area contributed by atoms with Gasteiger partial charge in [-0.15, -0.1) is 0 Å². The molecular formula is C11H10ClF3N2O2. The molecule has 0 bridgehead atoms. The summed E-state index contributed by atoms with van der Waals surface area (Å²) in [6, 6.07) is 4.52. The molecule has 0 saturated carbocycles. The molecule has 0 aliphatic heterocycles. The Morgan fingerprint density at radius 3 is 2.63 bits per heavy atom. The van der Waals surface area contributed by atoms with Crippen LogP contribution in [0.25, 0.3) is 0 Å². The lowest BCUT2D eigenvalue weighted by atomic mass is 10.2. The third-order valence-corrected chi connectivity index (χ3v) is 2.32. The highest BCUT2D eigenvalue weighted by Gasteiger charge is 2.33. The summed E-state index contributed by atoms with van der Waals surface area (Å²) in [4.78, 5) is 15.6. The number of nitrogens with zero attached hydrogens (tertiary/aromatic N) is 1. The first kappa shape index (κ1) is 15.3. The van der Waals surface area contributed by atoms with Gasteiger partial charge in [-0.1, -0.05) is 35.8 Å². The quantitative estimate of drug-likeness (QED) is 0.515. The Kier molecular flexibility index (Phi) is 5.17. The second-order valence-corrected chi connectivity index (χ2v) is 3.80. The van der Waals surface area contributed by atoms with Gasteiger partial charge in [0.25, 0.3) is 0 Å². The van der Waals surface area contributed by atoms with Gasteiger partial charge in [0.15, 0.2) is 0 Å². The molecule has 1 aromatic rings. The van der Waals surface area contributed by atoms with Gasteiger partial charge in [0.05, 0.1) is 11.3 Å². The molecule has 8 heteroatoms. The number of rotatable bonds is 3. The molecule has 1 N–H and O–H groups in total. The maximum Gasteiger partial charge on any atom is 0.437 e. The second-order valence-electron chi connectivity index (χ2n) is 3.37. The second kappa shape index (κ2) is 6.42. The zero-order chi connectivity index (χ0) is 14.5. The summed E-state index contributed by atoms with van der Waals surface area (Å²) in [5, 5.41) is 5.20. The van der Waals surface area contributed by atoms with Gasteiger partial charge in [0.1, 0.15) is 5.17 Å². The van der Waals surface area contributed by atoms with Gasteiger partial charge in [0, 0.05) is 6.42 Å². The van der Waals surface area contributed by atoms with Gasteiger partial charge in [-0.25, -0.2) is 4.79 Å². The van der Waals surface area contributed by atoms with Crippen molar-refractivity contribution in [3.63, 3.8) is 0 Å². The number of para-hydroxylation sites is 1. The first-order valence-corrected chi connectivity index (χ1v) is 5.59. The van der Waals surface area contributed by atoms with Crippen molar-refractivity contribution < 1.29 is 22.8 Å². The van der Waals surface area contributed by atoms with Crippen molar-refractivity contribution in [2.75, 3.05) is 5.32 Å². The van der Waals surface area contributed by atoms with E-state index in [9.17, 15) is 18.0 Å². The molecule has 1 aromatic carbocycles. The minimum absolute atomic E-state index is 0.0271. The molecule has 1 amide bonds. The van der Waals surface area contributed by atoms with E-state index in [4.69, 9.17) is 11.6 Å². The third kappa shape index (κ3) is 4.78. The monoisotopic (exact) mass is 294 g/mol. The Morgan fingerprint density at radius 2 is 2.05 bits per heavy atom. The van der Waals surface area contributed by atoms with Crippen LogP contribution in [0.3, 0.4) is 0 Å². The molecule has 0 unspecified atom stereocenters. The highest BCUT2D eigenvalue weighted by Crippen LogP contribution is 2.34. The summed E-state index contributed by atoms with van der Waals surface area (Å²) >= 11 is 5.48. The minimum Gasteiger partial charge on any atom is -0.297 e. The standard InChI is InChI=1S/C11H10ClF3N2O2/c1-2-9(12)17-19-10(18)16-8-6-4-3-5-7(8)11(13,14)15/h3-6H,2H2,1H3,(H,16,18)/b17-9-. The van der Waals surface area contributed by atoms with Gasteiger partial charge < -0.3 is 0 Å². The lowest BCUT2D eigenvalue weighted by Gasteiger charge is -2.12. The summed E-state index contributed by atoms with van der Waals surface area (Å²) in [5.74, 6) is 0. The van der Waals surface area contributed by atoms with Crippen LogP contribution in [-0.2, 0) is 11.0 Å². The molecular weight excluding hydrogens is 285 g/mol. The maximum absolute atomic E-state index is 12.6. The van der Waals surface area contributed by atoms with Crippen molar-refractivity contribution >= 4 is 28.6 Å². The number of oxime groups is 1. The Hall–Kier alpha value is -1.76. The molecule has 0 spiro atoms. The van der Waals surface area contributed by atoms with Crippen LogP contribution in [0.15, 0.2) is 29.4 Å². The van der Waals surface area contributed by atoms with Crippen LogP contribution in [-0.4, -0.2) is 11.3 Å². The summed E-state index contributed by atoms with van der Waals surface area (Å²) < 4.78 is 37.9. The van der Waals surface area contributed by atoms with Crippen LogP contribution in [0.4, 0.5) is 23.7 Å². The summed E-state index contributed by atoms with van der Waals surface area (Å²) in [6.07, 6.45) is -5.38. The Labute approximate surface area is 112 Å². The van der Waals surface area contributed by atoms with Crippen LogP contribution in [0.2, 0.25) is 0 Å². The number of benzene rings is 1. The van der Waals surface area contributed by atoms with Crippen LogP contribution in [0.1, 0.15) is 18.9 Å². The van der Waals surface area contributed by atoms with Crippen LogP contribution >= 0.6 is 11.6 Å². The zero-order valence-electron chi connectivity index (χ0n) is 9.79. The molecule has 0 aliphatic carbocycles. The van der Waals surface area contributed by atoms with Crippen molar-refractivity contribution in [2.45, 2.75) is 19.5 Å². The number of nitrogens with one attached hydrogen (secondary N) is 1. The Balaban J connectivity index is 2.80. The largest absolute Gasteiger partial charge is 0.437 e. The highest BCUT2D eigenvalue weighted by atomic mass is 35.5. The number of halogens is 4. The SMILES string of the molecule is CC/C(Cl)=N/OC(=O)Nc1ccccc1C(F)(F)F. The molecule has 19 heavy (non-hydrogen) atoms. The highest BCUT2D eigenvalue weighted by molar-refractivity contribution is 6.65. The average Bonchev–Trinajstić information content (AvgIpc) is 2.35. The number of carbonyl (C=O) groups is 1. The van der Waals surface area contributed by atoms with E-state index < -0.39 is 23.5 Å². The molecule has 104 valence electrons. The van der Waals surface area contributed by atoms with E-state index in [0.717, 1.165) is 12.1 Å². The average molecular weight is 295 g/mol. The number of amides is 1. The minimum atomic E-state index is -4.58. The van der Waals surface area contributed by atoms with E-state index in [-0.39, 0.29) is 5.17 Å². The number of carbonyl (C=O) groups excluding carboxylic acids is 1. The number of alkyl halides is 3. The van der Waals surface area contributed by atoms with Gasteiger partial charge in [-0.05, 0) is 12.1 Å². The van der Waals surface area contributed by atoms with E-state index >= 15 is 0 Å². The summed E-state index contributed by atoms with van der Waals surface area (Å²) in [6.45, 7) is 1.67. The molecule has 0 aromatic heterocycles. The van der Waals surface area contributed by atoms with Crippen LogP contribution < -0.4 is 5.32 Å². The third-order valence-electron chi connectivity index (χ3n) is 1.99. The van der Waals surface area contributed by atoms with Crippen molar-refractivity contribution in [1.82, 2.24) is 0 Å². The summed E-state index contributed by atoms with van der Waals surface area (Å²) in [7, 11) is 0. The van der Waals surface area contributed by atoms with Crippen LogP contribution in [0.5, 0.6) is 0 Å². The molecule has 0 saturated heterocycles. The van der Waals surface area contributed by atoms with Crippen molar-refractivity contribution in [3.05, 3.63) is 29.8 Å². The fraction of sp³-hybridized carbons (Fsp3) is 0.273. The van der Waals surface area contributed by atoms with E-state index in [1.165, 1.54) is 12.1 Å². The van der Waals surface area contributed by atoms with E-state index in [2.05, 4.69) is 9.99 Å². The predicted octanol–water partition coefficient (Wildman–Crippen LogP) is 4.22. The first-order chi connectivity index (χ1) is 8.84. The molecule has 0 radical (unpaired) electrons. The molecule has 0 atom stereocenters. The van der Waals surface area contributed by atoms with E-state index in [1.54, 1.807) is 6.92 Å². The molecule has 0 fully saturated rings. The number of anilines is 1. The van der Waals surface area contributed by atoms with E-state index in [1.807, 2.05) is 5.32 Å². The van der Waals surface area contributed by atoms with Crippen molar-refractivity contribution in [3.8, 4) is 0 Å². The fourth-order valence-corrected chi connectivity index (χ4v) is 1.16. The zero-order valence-corrected chi connectivity index (χ0v) is 10.5. The number of hydrogen-bond acceptors (Lipinski definition) is 3. The lowest BCUT2D eigenvalue weighted by molar-refractivity contribution is -0.136. The Morgan fingerprint density at radius 1 is 1.42 bits per heavy atom. The lowest BCUT2D eigenvalue weighted by Crippen LogP contribution is -2.16. The Bertz CT molecular complexity index is 489. The van der Waals surface area contributed by atoms with Crippen LogP contribution in [0, 0.1) is 0 Å². The molecule has 1 rings (SSSR count). The van der Waals surface area contributed by atoms with E-state index in [0.29, 0.717) is 6.42 Å². The molecule has 4 nitrogen and oxygen atoms in total. The van der Waals surface area contributed by atoms with Gasteiger partial charge in [-0.3, -0.25) is 10.2 Å². The molecule has 0 heterocycles. The van der Waals surface area contributed by atoms with Crippen molar-refractivity contribution in [2.24, 2.45) is 5.16 Å². The van der Waals surface area contributed by atoms with Crippen molar-refractivity contribution in [1.29, 1.82) is 0 Å². The normalized spacial score (nSPS) is 12.2. The predicted molar refractivity (Wildman–Crippen MR) is 65.1 cm³/mol. The number of hydrogen-bond donors (Lipinski definition) is 1. The van der Waals surface area contributed by atoms with Gasteiger partial charge in [-0.2, -0.15) is 13.2 Å². The fourth-order valence-electron chi connectivity index (χ4n) is 1.13.